The molecule has 1 atom stereocenters. The predicted octanol–water partition coefficient (Wildman–Crippen LogP) is 1.56. The molecule has 0 radical (unpaired) electrons. The van der Waals surface area contributed by atoms with Crippen LogP contribution in [0.3, 0.4) is 0 Å². The molecule has 0 saturated carbocycles. The number of hydrogen-bond donors (Lipinski definition) is 1. The minimum absolute atomic E-state index is 0.0455. The SMILES string of the molecule is Cn1ncc2c1CC(C)(C)CC2C(=O)O. The van der Waals surface area contributed by atoms with Gasteiger partial charge in [-0.3, -0.25) is 9.48 Å². The Bertz CT molecular complexity index is 407. The van der Waals surface area contributed by atoms with Crippen molar-refractivity contribution < 1.29 is 9.90 Å². The van der Waals surface area contributed by atoms with Crippen LogP contribution in [0.1, 0.15) is 37.4 Å². The lowest BCUT2D eigenvalue weighted by Gasteiger charge is -2.33. The van der Waals surface area contributed by atoms with Crippen LogP contribution in [-0.2, 0) is 18.3 Å². The van der Waals surface area contributed by atoms with Gasteiger partial charge in [0.25, 0.3) is 0 Å². The highest BCUT2D eigenvalue weighted by Gasteiger charge is 2.37. The van der Waals surface area contributed by atoms with Gasteiger partial charge in [0, 0.05) is 18.3 Å². The molecular formula is C11H16N2O2. The Morgan fingerprint density at radius 3 is 2.93 bits per heavy atom. The number of aryl methyl sites for hydroxylation is 1. The maximum atomic E-state index is 11.2. The summed E-state index contributed by atoms with van der Waals surface area (Å²) in [5.74, 6) is -1.13. The van der Waals surface area contributed by atoms with Crippen molar-refractivity contribution >= 4 is 5.97 Å². The van der Waals surface area contributed by atoms with E-state index < -0.39 is 11.9 Å². The van der Waals surface area contributed by atoms with Crippen molar-refractivity contribution in [2.75, 3.05) is 0 Å². The quantitative estimate of drug-likeness (QED) is 0.762. The first-order valence-electron chi connectivity index (χ1n) is 5.14. The average molecular weight is 208 g/mol. The van der Waals surface area contributed by atoms with Gasteiger partial charge in [-0.2, -0.15) is 5.10 Å². The molecule has 0 spiro atoms. The number of aliphatic carboxylic acids is 1. The van der Waals surface area contributed by atoms with Crippen molar-refractivity contribution in [2.45, 2.75) is 32.6 Å². The Labute approximate surface area is 88.9 Å². The Kier molecular flexibility index (Phi) is 2.10. The van der Waals surface area contributed by atoms with E-state index in [-0.39, 0.29) is 5.41 Å². The van der Waals surface area contributed by atoms with Crippen LogP contribution in [0.5, 0.6) is 0 Å². The molecule has 1 unspecified atom stereocenters. The van der Waals surface area contributed by atoms with Crippen molar-refractivity contribution in [2.24, 2.45) is 12.5 Å². The summed E-state index contributed by atoms with van der Waals surface area (Å²) < 4.78 is 1.80. The number of nitrogens with zero attached hydrogens (tertiary/aromatic N) is 2. The topological polar surface area (TPSA) is 55.1 Å². The van der Waals surface area contributed by atoms with Gasteiger partial charge in [0.15, 0.2) is 0 Å². The lowest BCUT2D eigenvalue weighted by Crippen LogP contribution is -2.30. The second-order valence-electron chi connectivity index (χ2n) is 5.11. The zero-order valence-corrected chi connectivity index (χ0v) is 9.32. The second kappa shape index (κ2) is 3.08. The third kappa shape index (κ3) is 1.64. The molecule has 1 aromatic rings. The summed E-state index contributed by atoms with van der Waals surface area (Å²) in [6.45, 7) is 4.22. The molecule has 0 saturated heterocycles. The highest BCUT2D eigenvalue weighted by molar-refractivity contribution is 5.77. The predicted molar refractivity (Wildman–Crippen MR) is 55.7 cm³/mol. The van der Waals surface area contributed by atoms with Crippen molar-refractivity contribution in [3.63, 3.8) is 0 Å². The van der Waals surface area contributed by atoms with Crippen molar-refractivity contribution in [1.82, 2.24) is 9.78 Å². The third-order valence-electron chi connectivity index (χ3n) is 3.17. The number of carboxylic acid groups (broad SMARTS) is 1. The number of carboxylic acids is 1. The van der Waals surface area contributed by atoms with Gasteiger partial charge >= 0.3 is 5.97 Å². The van der Waals surface area contributed by atoms with Crippen LogP contribution in [-0.4, -0.2) is 20.9 Å². The number of rotatable bonds is 1. The van der Waals surface area contributed by atoms with Crippen LogP contribution in [0.2, 0.25) is 0 Å². The summed E-state index contributed by atoms with van der Waals surface area (Å²) in [6.07, 6.45) is 3.30. The van der Waals surface area contributed by atoms with E-state index in [1.165, 1.54) is 0 Å². The molecular weight excluding hydrogens is 192 g/mol. The minimum atomic E-state index is -0.739. The normalized spacial score (nSPS) is 23.5. The smallest absolute Gasteiger partial charge is 0.311 e. The molecule has 4 nitrogen and oxygen atoms in total. The summed E-state index contributed by atoms with van der Waals surface area (Å²) in [6, 6.07) is 0. The summed E-state index contributed by atoms with van der Waals surface area (Å²) in [7, 11) is 1.87. The largest absolute Gasteiger partial charge is 0.481 e. The Morgan fingerprint density at radius 2 is 2.33 bits per heavy atom. The van der Waals surface area contributed by atoms with E-state index in [0.29, 0.717) is 6.42 Å². The number of hydrogen-bond acceptors (Lipinski definition) is 2. The van der Waals surface area contributed by atoms with E-state index in [1.54, 1.807) is 10.9 Å². The molecule has 0 fully saturated rings. The summed E-state index contributed by atoms with van der Waals surface area (Å²) in [4.78, 5) is 11.2. The fourth-order valence-corrected chi connectivity index (χ4v) is 2.40. The molecule has 4 heteroatoms. The lowest BCUT2D eigenvalue weighted by atomic mass is 9.71. The summed E-state index contributed by atoms with van der Waals surface area (Å²) in [5.41, 5.74) is 2.01. The van der Waals surface area contributed by atoms with Gasteiger partial charge in [0.2, 0.25) is 0 Å². The molecule has 0 bridgehead atoms. The van der Waals surface area contributed by atoms with E-state index >= 15 is 0 Å². The van der Waals surface area contributed by atoms with Crippen LogP contribution >= 0.6 is 0 Å². The lowest BCUT2D eigenvalue weighted by molar-refractivity contribution is -0.139. The maximum absolute atomic E-state index is 11.2. The summed E-state index contributed by atoms with van der Waals surface area (Å²) in [5, 5.41) is 13.3. The highest BCUT2D eigenvalue weighted by Crippen LogP contribution is 2.41. The van der Waals surface area contributed by atoms with Crippen molar-refractivity contribution in [3.8, 4) is 0 Å². The average Bonchev–Trinajstić information content (AvgIpc) is 2.45. The molecule has 1 N–H and O–H groups in total. The molecule has 0 amide bonds. The van der Waals surface area contributed by atoms with Gasteiger partial charge in [-0.15, -0.1) is 0 Å². The van der Waals surface area contributed by atoms with Crippen LogP contribution in [0.15, 0.2) is 6.20 Å². The highest BCUT2D eigenvalue weighted by atomic mass is 16.4. The number of aromatic nitrogens is 2. The fourth-order valence-electron chi connectivity index (χ4n) is 2.40. The Hall–Kier alpha value is -1.32. The van der Waals surface area contributed by atoms with Gasteiger partial charge < -0.3 is 5.11 Å². The number of carbonyl (C=O) groups is 1. The van der Waals surface area contributed by atoms with E-state index in [0.717, 1.165) is 17.7 Å². The summed E-state index contributed by atoms with van der Waals surface area (Å²) >= 11 is 0. The first-order chi connectivity index (χ1) is 6.91. The second-order valence-corrected chi connectivity index (χ2v) is 5.11. The molecule has 1 heterocycles. The Morgan fingerprint density at radius 1 is 1.67 bits per heavy atom. The minimum Gasteiger partial charge on any atom is -0.481 e. The first-order valence-corrected chi connectivity index (χ1v) is 5.14. The van der Waals surface area contributed by atoms with Crippen molar-refractivity contribution in [3.05, 3.63) is 17.5 Å². The molecule has 82 valence electrons. The van der Waals surface area contributed by atoms with Gasteiger partial charge in [-0.25, -0.2) is 0 Å². The van der Waals surface area contributed by atoms with Crippen LogP contribution in [0.4, 0.5) is 0 Å². The maximum Gasteiger partial charge on any atom is 0.311 e. The van der Waals surface area contributed by atoms with E-state index in [4.69, 9.17) is 0 Å². The zero-order valence-electron chi connectivity index (χ0n) is 9.32. The van der Waals surface area contributed by atoms with Gasteiger partial charge in [0.1, 0.15) is 0 Å². The van der Waals surface area contributed by atoms with Crippen LogP contribution < -0.4 is 0 Å². The molecule has 0 aromatic carbocycles. The van der Waals surface area contributed by atoms with Gasteiger partial charge in [-0.05, 0) is 18.3 Å². The molecule has 1 aliphatic carbocycles. The molecule has 0 aliphatic heterocycles. The van der Waals surface area contributed by atoms with E-state index in [2.05, 4.69) is 18.9 Å². The molecule has 1 aromatic heterocycles. The van der Waals surface area contributed by atoms with Gasteiger partial charge in [0.05, 0.1) is 12.1 Å². The van der Waals surface area contributed by atoms with Crippen molar-refractivity contribution in [1.29, 1.82) is 0 Å². The zero-order chi connectivity index (χ0) is 11.2. The van der Waals surface area contributed by atoms with Crippen LogP contribution in [0, 0.1) is 5.41 Å². The molecule has 15 heavy (non-hydrogen) atoms. The first kappa shape index (κ1) is 10.2. The molecule has 2 rings (SSSR count). The van der Waals surface area contributed by atoms with E-state index in [9.17, 15) is 9.90 Å². The monoisotopic (exact) mass is 208 g/mol. The third-order valence-corrected chi connectivity index (χ3v) is 3.17. The Balaban J connectivity index is 2.49. The van der Waals surface area contributed by atoms with Gasteiger partial charge in [-0.1, -0.05) is 13.8 Å². The van der Waals surface area contributed by atoms with Crippen LogP contribution in [0.25, 0.3) is 0 Å². The van der Waals surface area contributed by atoms with E-state index in [1.807, 2.05) is 7.05 Å². The fraction of sp³-hybridized carbons (Fsp3) is 0.636. The standard InChI is InChI=1S/C11H16N2O2/c1-11(2)4-7(10(14)15)8-6-12-13(3)9(8)5-11/h6-7H,4-5H2,1-3H3,(H,14,15). The number of fused-ring (bicyclic) bond motifs is 1. The molecule has 1 aliphatic rings.